The summed E-state index contributed by atoms with van der Waals surface area (Å²) >= 11 is 0. The Morgan fingerprint density at radius 3 is 2.30 bits per heavy atom. The van der Waals surface area contributed by atoms with Gasteiger partial charge < -0.3 is 9.84 Å². The lowest BCUT2D eigenvalue weighted by Gasteiger charge is -2.41. The highest BCUT2D eigenvalue weighted by Gasteiger charge is 2.53. The van der Waals surface area contributed by atoms with Crippen molar-refractivity contribution in [1.29, 1.82) is 0 Å². The minimum absolute atomic E-state index is 0.112. The molecule has 0 aromatic heterocycles. The Morgan fingerprint density at radius 1 is 1.13 bits per heavy atom. The van der Waals surface area contributed by atoms with E-state index in [4.69, 9.17) is 4.74 Å². The highest BCUT2D eigenvalue weighted by atomic mass is 19.1. The molecule has 1 spiro atoms. The Labute approximate surface area is 131 Å². The van der Waals surface area contributed by atoms with Gasteiger partial charge in [0, 0.05) is 11.6 Å². The van der Waals surface area contributed by atoms with E-state index in [0.29, 0.717) is 18.9 Å². The Balaban J connectivity index is 2.00. The van der Waals surface area contributed by atoms with Gasteiger partial charge in [0.2, 0.25) is 0 Å². The van der Waals surface area contributed by atoms with E-state index >= 15 is 0 Å². The Kier molecular flexibility index (Phi) is 4.06. The molecule has 1 N–H and O–H groups in total. The summed E-state index contributed by atoms with van der Waals surface area (Å²) in [6.07, 6.45) is 3.67. The maximum Gasteiger partial charge on any atom is 0.328 e. The molecule has 0 bridgehead atoms. The fourth-order valence-corrected chi connectivity index (χ4v) is 3.48. The van der Waals surface area contributed by atoms with Crippen LogP contribution in [0, 0.1) is 11.6 Å². The number of carboxylic acids is 1. The van der Waals surface area contributed by atoms with Crippen molar-refractivity contribution in [3.05, 3.63) is 35.4 Å². The fraction of sp³-hybridized carbons (Fsp3) is 0.500. The summed E-state index contributed by atoms with van der Waals surface area (Å²) in [4.78, 5) is 25.4. The highest BCUT2D eigenvalue weighted by Crippen LogP contribution is 2.41. The van der Waals surface area contributed by atoms with Crippen LogP contribution in [0.25, 0.3) is 0 Å². The first-order chi connectivity index (χ1) is 10.9. The predicted octanol–water partition coefficient (Wildman–Crippen LogP) is 2.55. The molecule has 0 unspecified atom stereocenters. The second-order valence-corrected chi connectivity index (χ2v) is 6.01. The van der Waals surface area contributed by atoms with E-state index in [0.717, 1.165) is 31.4 Å². The Morgan fingerprint density at radius 2 is 1.74 bits per heavy atom. The summed E-state index contributed by atoms with van der Waals surface area (Å²) in [7, 11) is 0. The zero-order valence-electron chi connectivity index (χ0n) is 12.4. The van der Waals surface area contributed by atoms with Crippen LogP contribution < -0.4 is 0 Å². The third-order valence-electron chi connectivity index (χ3n) is 4.51. The second kappa shape index (κ2) is 5.88. The quantitative estimate of drug-likeness (QED) is 0.907. The van der Waals surface area contributed by atoms with Crippen molar-refractivity contribution in [1.82, 2.24) is 4.90 Å². The number of carboxylic acid groups (broad SMARTS) is 1. The molecule has 2 aliphatic rings. The topological polar surface area (TPSA) is 66.8 Å². The predicted molar refractivity (Wildman–Crippen MR) is 75.7 cm³/mol. The van der Waals surface area contributed by atoms with E-state index in [9.17, 15) is 23.5 Å². The fourth-order valence-electron chi connectivity index (χ4n) is 3.48. The average molecular weight is 325 g/mol. The van der Waals surface area contributed by atoms with Gasteiger partial charge in [0.25, 0.3) is 5.91 Å². The van der Waals surface area contributed by atoms with E-state index in [1.165, 1.54) is 4.90 Å². The summed E-state index contributed by atoms with van der Waals surface area (Å²) in [6, 6.07) is 1.35. The minimum Gasteiger partial charge on any atom is -0.480 e. The van der Waals surface area contributed by atoms with Gasteiger partial charge in [-0.25, -0.2) is 13.6 Å². The summed E-state index contributed by atoms with van der Waals surface area (Å²) in [5.74, 6) is -3.65. The first kappa shape index (κ1) is 15.9. The van der Waals surface area contributed by atoms with E-state index in [1.54, 1.807) is 0 Å². The summed E-state index contributed by atoms with van der Waals surface area (Å²) in [6.45, 7) is -0.112. The number of carbonyl (C=O) groups excluding carboxylic acids is 1. The van der Waals surface area contributed by atoms with Crippen molar-refractivity contribution in [2.45, 2.75) is 43.9 Å². The molecule has 5 nitrogen and oxygen atoms in total. The molecule has 23 heavy (non-hydrogen) atoms. The smallest absolute Gasteiger partial charge is 0.328 e. The van der Waals surface area contributed by atoms with Crippen molar-refractivity contribution in [2.24, 2.45) is 0 Å². The number of benzene rings is 1. The largest absolute Gasteiger partial charge is 0.480 e. The number of hydrogen-bond acceptors (Lipinski definition) is 3. The first-order valence-corrected chi connectivity index (χ1v) is 7.59. The van der Waals surface area contributed by atoms with E-state index in [-0.39, 0.29) is 12.2 Å². The molecule has 1 atom stereocenters. The molecule has 1 aliphatic carbocycles. The molecule has 1 saturated carbocycles. The number of amides is 1. The van der Waals surface area contributed by atoms with Crippen LogP contribution in [-0.4, -0.2) is 40.3 Å². The zero-order chi connectivity index (χ0) is 16.6. The molecule has 3 rings (SSSR count). The maximum absolute atomic E-state index is 13.4. The standard InChI is InChI=1S/C16H17F2NO4/c17-11-6-10(7-12(18)8-11)14(20)19-13(15(21)22)9-23-16(19)4-2-1-3-5-16/h6-8,13H,1-5,9H2,(H,21,22)/t13-/m0/s1. The number of rotatable bonds is 2. The van der Waals surface area contributed by atoms with Gasteiger partial charge in [-0.3, -0.25) is 9.69 Å². The molecule has 1 amide bonds. The van der Waals surface area contributed by atoms with Crippen molar-refractivity contribution in [2.75, 3.05) is 6.61 Å². The molecule has 1 saturated heterocycles. The van der Waals surface area contributed by atoms with Gasteiger partial charge in [-0.1, -0.05) is 6.42 Å². The van der Waals surface area contributed by atoms with Crippen molar-refractivity contribution in [3.63, 3.8) is 0 Å². The number of nitrogens with zero attached hydrogens (tertiary/aromatic N) is 1. The molecule has 7 heteroatoms. The third-order valence-corrected chi connectivity index (χ3v) is 4.51. The number of ether oxygens (including phenoxy) is 1. The van der Waals surface area contributed by atoms with Gasteiger partial charge in [0.1, 0.15) is 17.4 Å². The normalized spacial score (nSPS) is 23.2. The lowest BCUT2D eigenvalue weighted by Crippen LogP contribution is -2.54. The van der Waals surface area contributed by atoms with Crippen LogP contribution in [-0.2, 0) is 9.53 Å². The van der Waals surface area contributed by atoms with Crippen LogP contribution in [0.5, 0.6) is 0 Å². The van der Waals surface area contributed by atoms with Crippen LogP contribution in [0.4, 0.5) is 8.78 Å². The summed E-state index contributed by atoms with van der Waals surface area (Å²) < 4.78 is 32.5. The average Bonchev–Trinajstić information content (AvgIpc) is 2.85. The zero-order valence-corrected chi connectivity index (χ0v) is 12.4. The lowest BCUT2D eigenvalue weighted by atomic mass is 9.89. The number of aliphatic carboxylic acids is 1. The van der Waals surface area contributed by atoms with Gasteiger partial charge in [0.15, 0.2) is 6.04 Å². The molecular formula is C16H17F2NO4. The van der Waals surface area contributed by atoms with E-state index in [1.807, 2.05) is 0 Å². The van der Waals surface area contributed by atoms with Crippen molar-refractivity contribution < 1.29 is 28.2 Å². The monoisotopic (exact) mass is 325 g/mol. The second-order valence-electron chi connectivity index (χ2n) is 6.01. The maximum atomic E-state index is 13.4. The van der Waals surface area contributed by atoms with Gasteiger partial charge >= 0.3 is 5.97 Å². The van der Waals surface area contributed by atoms with E-state index < -0.39 is 35.3 Å². The van der Waals surface area contributed by atoms with Crippen molar-refractivity contribution in [3.8, 4) is 0 Å². The molecule has 0 radical (unpaired) electrons. The van der Waals surface area contributed by atoms with Gasteiger partial charge in [-0.2, -0.15) is 0 Å². The Bertz CT molecular complexity index is 623. The number of hydrogen-bond donors (Lipinski definition) is 1. The van der Waals surface area contributed by atoms with Crippen LogP contribution in [0.1, 0.15) is 42.5 Å². The van der Waals surface area contributed by atoms with Crippen LogP contribution in [0.3, 0.4) is 0 Å². The number of halogens is 2. The molecule has 2 fully saturated rings. The van der Waals surface area contributed by atoms with Crippen LogP contribution in [0.15, 0.2) is 18.2 Å². The minimum atomic E-state index is -1.18. The van der Waals surface area contributed by atoms with Crippen LogP contribution >= 0.6 is 0 Å². The summed E-state index contributed by atoms with van der Waals surface area (Å²) in [5.41, 5.74) is -1.19. The van der Waals surface area contributed by atoms with Gasteiger partial charge in [-0.15, -0.1) is 0 Å². The van der Waals surface area contributed by atoms with Crippen molar-refractivity contribution >= 4 is 11.9 Å². The summed E-state index contributed by atoms with van der Waals surface area (Å²) in [5, 5.41) is 9.38. The van der Waals surface area contributed by atoms with Crippen LogP contribution in [0.2, 0.25) is 0 Å². The van der Waals surface area contributed by atoms with E-state index in [2.05, 4.69) is 0 Å². The molecule has 1 heterocycles. The molecular weight excluding hydrogens is 308 g/mol. The molecule has 124 valence electrons. The number of carbonyl (C=O) groups is 2. The highest BCUT2D eigenvalue weighted by molar-refractivity contribution is 5.97. The van der Waals surface area contributed by atoms with Gasteiger partial charge in [0.05, 0.1) is 6.61 Å². The molecule has 1 aromatic carbocycles. The first-order valence-electron chi connectivity index (χ1n) is 7.59. The lowest BCUT2D eigenvalue weighted by molar-refractivity contribution is -0.143. The SMILES string of the molecule is O=C(O)[C@@H]1COC2(CCCCC2)N1C(=O)c1cc(F)cc(F)c1. The van der Waals surface area contributed by atoms with Gasteiger partial charge in [-0.05, 0) is 37.8 Å². The Hall–Kier alpha value is -2.02. The molecule has 1 aliphatic heterocycles. The molecule has 1 aromatic rings. The third kappa shape index (κ3) is 2.81.